The fourth-order valence-electron chi connectivity index (χ4n) is 2.73. The van der Waals surface area contributed by atoms with Crippen molar-refractivity contribution < 1.29 is 20.5 Å². The van der Waals surface area contributed by atoms with Crippen molar-refractivity contribution in [2.75, 3.05) is 0 Å². The van der Waals surface area contributed by atoms with Crippen LogP contribution in [0.2, 0.25) is 0 Å². The molecule has 2 aromatic rings. The largest absolute Gasteiger partial charge is 0.311 e. The van der Waals surface area contributed by atoms with Crippen LogP contribution in [0.3, 0.4) is 0 Å². The predicted octanol–water partition coefficient (Wildman–Crippen LogP) is 2.91. The van der Waals surface area contributed by atoms with Crippen LogP contribution < -0.4 is 0 Å². The molecule has 0 spiro atoms. The first-order valence-electron chi connectivity index (χ1n) is 7.65. The number of hydrogen-bond acceptors (Lipinski definition) is 5. The lowest BCUT2D eigenvalue weighted by atomic mass is 9.94. The zero-order chi connectivity index (χ0) is 17.4. The predicted molar refractivity (Wildman–Crippen MR) is 89.5 cm³/mol. The van der Waals surface area contributed by atoms with Crippen molar-refractivity contribution in [2.45, 2.75) is 36.0 Å². The highest BCUT2D eigenvalue weighted by molar-refractivity contribution is 7.99. The highest BCUT2D eigenvalue weighted by Crippen LogP contribution is 2.24. The van der Waals surface area contributed by atoms with Crippen LogP contribution in [-0.2, 0) is 36.7 Å². The molecule has 1 unspecified atom stereocenters. The number of rotatable bonds is 0. The summed E-state index contributed by atoms with van der Waals surface area (Å²) in [5.41, 5.74) is 2.02. The molecule has 1 atom stereocenters. The molecule has 4 heterocycles. The molecule has 0 radical (unpaired) electrons. The Morgan fingerprint density at radius 3 is 1.75 bits per heavy atom. The van der Waals surface area contributed by atoms with E-state index in [2.05, 4.69) is 10.6 Å². The van der Waals surface area contributed by atoms with Crippen molar-refractivity contribution >= 4 is 20.2 Å². The van der Waals surface area contributed by atoms with Gasteiger partial charge in [0.2, 0.25) is 0 Å². The van der Waals surface area contributed by atoms with E-state index < -0.39 is 20.2 Å². The molecule has 7 heteroatoms. The first-order valence-corrected chi connectivity index (χ1v) is 10.5. The molecule has 0 saturated heterocycles. The second kappa shape index (κ2) is 6.31. The molecule has 0 aliphatic carbocycles. The topological polar surface area (TPSA) is 77.5 Å². The third kappa shape index (κ3) is 3.68. The molecule has 0 aromatic heterocycles. The molecule has 0 N–H and O–H groups in total. The van der Waals surface area contributed by atoms with Crippen LogP contribution in [-0.4, -0.2) is 16.8 Å². The van der Waals surface area contributed by atoms with Gasteiger partial charge in [0.05, 0.1) is 9.79 Å². The van der Waals surface area contributed by atoms with E-state index in [0.29, 0.717) is 5.92 Å². The van der Waals surface area contributed by atoms with E-state index in [1.165, 1.54) is 24.3 Å². The zero-order valence-electron chi connectivity index (χ0n) is 13.2. The van der Waals surface area contributed by atoms with Crippen LogP contribution in [0.1, 0.15) is 24.5 Å². The van der Waals surface area contributed by atoms with Gasteiger partial charge in [-0.1, -0.05) is 31.2 Å². The quantitative estimate of drug-likeness (QED) is 0.716. The highest BCUT2D eigenvalue weighted by Gasteiger charge is 2.27. The standard InChI is InChI=1S/C17H18O5S2/c1-13-2-3-14-4-8-16(9-5-14)23(18,19)22-24(20,21)17-10-6-15(12-13)7-11-17/h4-11,13H,2-3,12H2,1H3. The monoisotopic (exact) mass is 366 g/mol. The number of benzene rings is 2. The number of aryl methyl sites for hydroxylation is 1. The maximum absolute atomic E-state index is 12.2. The van der Waals surface area contributed by atoms with Gasteiger partial charge >= 0.3 is 20.2 Å². The molecule has 6 rings (SSSR count). The lowest BCUT2D eigenvalue weighted by Crippen LogP contribution is -2.14. The minimum atomic E-state index is -4.39. The highest BCUT2D eigenvalue weighted by atomic mass is 32.3. The summed E-state index contributed by atoms with van der Waals surface area (Å²) in [5, 5.41) is 0. The Kier molecular flexibility index (Phi) is 4.50. The van der Waals surface area contributed by atoms with Crippen LogP contribution in [0.15, 0.2) is 58.3 Å². The Morgan fingerprint density at radius 1 is 0.792 bits per heavy atom. The Bertz CT molecular complexity index is 927. The smallest absolute Gasteiger partial charge is 0.193 e. The molecule has 24 heavy (non-hydrogen) atoms. The van der Waals surface area contributed by atoms with Crippen molar-refractivity contribution in [1.29, 1.82) is 0 Å². The summed E-state index contributed by atoms with van der Waals surface area (Å²) in [6.45, 7) is 2.14. The van der Waals surface area contributed by atoms with Gasteiger partial charge in [0.25, 0.3) is 0 Å². The van der Waals surface area contributed by atoms with Crippen LogP contribution in [0, 0.1) is 5.92 Å². The lowest BCUT2D eigenvalue weighted by molar-refractivity contribution is 0.461. The van der Waals surface area contributed by atoms with Gasteiger partial charge in [-0.05, 0) is 60.6 Å². The van der Waals surface area contributed by atoms with Gasteiger partial charge in [-0.25, -0.2) is 0 Å². The molecular weight excluding hydrogens is 348 g/mol. The molecule has 4 bridgehead atoms. The minimum absolute atomic E-state index is 0.172. The van der Waals surface area contributed by atoms with Crippen molar-refractivity contribution in [2.24, 2.45) is 5.92 Å². The summed E-state index contributed by atoms with van der Waals surface area (Å²) < 4.78 is 53.4. The average molecular weight is 366 g/mol. The molecule has 2 aromatic carbocycles. The van der Waals surface area contributed by atoms with Crippen molar-refractivity contribution in [3.63, 3.8) is 0 Å². The Hall–Kier alpha value is -1.70. The summed E-state index contributed by atoms with van der Waals surface area (Å²) >= 11 is 0. The van der Waals surface area contributed by atoms with Crippen LogP contribution >= 0.6 is 0 Å². The summed E-state index contributed by atoms with van der Waals surface area (Å²) in [5.74, 6) is 0.428. The first-order chi connectivity index (χ1) is 11.3. The van der Waals surface area contributed by atoms with Gasteiger partial charge in [0, 0.05) is 0 Å². The molecule has 5 nitrogen and oxygen atoms in total. The normalized spacial score (nSPS) is 22.6. The molecule has 4 aliphatic heterocycles. The Labute approximate surface area is 142 Å². The molecule has 4 aliphatic rings. The zero-order valence-corrected chi connectivity index (χ0v) is 14.8. The van der Waals surface area contributed by atoms with Crippen molar-refractivity contribution in [3.05, 3.63) is 59.7 Å². The average Bonchev–Trinajstić information content (AvgIpc) is 2.53. The Balaban J connectivity index is 2.09. The van der Waals surface area contributed by atoms with E-state index in [1.54, 1.807) is 24.3 Å². The van der Waals surface area contributed by atoms with Gasteiger partial charge in [-0.2, -0.15) is 16.8 Å². The molecule has 0 amide bonds. The van der Waals surface area contributed by atoms with E-state index in [1.807, 2.05) is 0 Å². The van der Waals surface area contributed by atoms with Crippen LogP contribution in [0.4, 0.5) is 0 Å². The Morgan fingerprint density at radius 2 is 1.25 bits per heavy atom. The maximum atomic E-state index is 12.2. The van der Waals surface area contributed by atoms with E-state index >= 15 is 0 Å². The summed E-state index contributed by atoms with van der Waals surface area (Å²) in [4.78, 5) is -0.344. The fourth-order valence-corrected chi connectivity index (χ4v) is 5.24. The van der Waals surface area contributed by atoms with Gasteiger partial charge in [0.15, 0.2) is 0 Å². The van der Waals surface area contributed by atoms with Crippen molar-refractivity contribution in [3.8, 4) is 0 Å². The summed E-state index contributed by atoms with van der Waals surface area (Å²) in [6.07, 6.45) is 2.62. The second-order valence-corrected chi connectivity index (χ2v) is 9.42. The molecule has 128 valence electrons. The summed E-state index contributed by atoms with van der Waals surface area (Å²) in [6, 6.07) is 12.3. The minimum Gasteiger partial charge on any atom is -0.193 e. The molecule has 0 saturated carbocycles. The van der Waals surface area contributed by atoms with Gasteiger partial charge in [-0.3, -0.25) is 0 Å². The second-order valence-electron chi connectivity index (χ2n) is 6.11. The lowest BCUT2D eigenvalue weighted by Gasteiger charge is -2.11. The number of hydrogen-bond donors (Lipinski definition) is 0. The third-order valence-electron chi connectivity index (χ3n) is 4.11. The van der Waals surface area contributed by atoms with Gasteiger partial charge < -0.3 is 0 Å². The van der Waals surface area contributed by atoms with Gasteiger partial charge in [0.1, 0.15) is 0 Å². The maximum Gasteiger partial charge on any atom is 0.311 e. The van der Waals surface area contributed by atoms with Crippen LogP contribution in [0.25, 0.3) is 0 Å². The summed E-state index contributed by atoms with van der Waals surface area (Å²) in [7, 11) is -8.78. The van der Waals surface area contributed by atoms with E-state index in [4.69, 9.17) is 0 Å². The van der Waals surface area contributed by atoms with Crippen molar-refractivity contribution in [1.82, 2.24) is 0 Å². The van der Waals surface area contributed by atoms with Gasteiger partial charge in [-0.15, -0.1) is 3.63 Å². The molecular formula is C17H18O5S2. The van der Waals surface area contributed by atoms with E-state index in [-0.39, 0.29) is 9.79 Å². The SMILES string of the molecule is CC1CCc2ccc(cc2)S(=O)(=O)OS(=O)(=O)c2ccc(cc2)C1. The molecule has 0 fully saturated rings. The first kappa shape index (κ1) is 17.1. The van der Waals surface area contributed by atoms with Crippen LogP contribution in [0.5, 0.6) is 0 Å². The fraction of sp³-hybridized carbons (Fsp3) is 0.294. The third-order valence-corrected chi connectivity index (χ3v) is 7.25. The van der Waals surface area contributed by atoms with E-state index in [9.17, 15) is 16.8 Å². The van der Waals surface area contributed by atoms with E-state index in [0.717, 1.165) is 30.4 Å².